The summed E-state index contributed by atoms with van der Waals surface area (Å²) in [6.45, 7) is 2.19. The molecule has 1 aliphatic rings. The molecule has 0 amide bonds. The molecule has 1 atom stereocenters. The number of aromatic nitrogens is 3. The fourth-order valence-electron chi connectivity index (χ4n) is 2.98. The Morgan fingerprint density at radius 1 is 1.26 bits per heavy atom. The van der Waals surface area contributed by atoms with Crippen LogP contribution in [0.25, 0.3) is 0 Å². The van der Waals surface area contributed by atoms with Crippen molar-refractivity contribution in [1.82, 2.24) is 14.8 Å². The Hall–Kier alpha value is -2.12. The lowest BCUT2D eigenvalue weighted by Crippen LogP contribution is -2.14. The predicted octanol–water partition coefficient (Wildman–Crippen LogP) is 4.66. The van der Waals surface area contributed by atoms with Gasteiger partial charge in [-0.2, -0.15) is 0 Å². The highest BCUT2D eigenvalue weighted by Crippen LogP contribution is 2.43. The summed E-state index contributed by atoms with van der Waals surface area (Å²) in [5, 5.41) is 11.3. The van der Waals surface area contributed by atoms with Crippen molar-refractivity contribution in [2.45, 2.75) is 42.6 Å². The Labute approximate surface area is 166 Å². The lowest BCUT2D eigenvalue weighted by Gasteiger charge is -2.16. The molecule has 1 aromatic carbocycles. The summed E-state index contributed by atoms with van der Waals surface area (Å²) in [5.74, 6) is 0.733. The normalized spacial score (nSPS) is 14.9. The molecule has 2 aromatic heterocycles. The quantitative estimate of drug-likeness (QED) is 0.407. The number of thiophene rings is 1. The SMILES string of the molecule is CCOC(=O)[C@H](Sc1nnc(Cc2cccs2)n1C1CC1)c1ccccc1. The number of carbonyl (C=O) groups excluding carboxylic acids is 1. The molecule has 0 unspecified atom stereocenters. The molecule has 1 aliphatic carbocycles. The van der Waals surface area contributed by atoms with Gasteiger partial charge >= 0.3 is 5.97 Å². The number of rotatable bonds is 8. The third-order valence-corrected chi connectivity index (χ3v) is 6.45. The zero-order valence-corrected chi connectivity index (χ0v) is 16.7. The van der Waals surface area contributed by atoms with Crippen molar-refractivity contribution in [3.05, 3.63) is 64.1 Å². The molecular weight excluding hydrogens is 378 g/mol. The van der Waals surface area contributed by atoms with E-state index in [9.17, 15) is 4.79 Å². The van der Waals surface area contributed by atoms with E-state index in [4.69, 9.17) is 4.74 Å². The highest BCUT2D eigenvalue weighted by molar-refractivity contribution is 8.00. The van der Waals surface area contributed by atoms with Crippen LogP contribution in [0.4, 0.5) is 0 Å². The molecule has 0 radical (unpaired) electrons. The molecule has 5 nitrogen and oxygen atoms in total. The molecule has 27 heavy (non-hydrogen) atoms. The van der Waals surface area contributed by atoms with Gasteiger partial charge in [-0.15, -0.1) is 21.5 Å². The lowest BCUT2D eigenvalue weighted by atomic mass is 10.1. The Bertz CT molecular complexity index is 889. The molecule has 2 heterocycles. The standard InChI is InChI=1S/C20H21N3O2S2/c1-2-25-19(24)18(14-7-4-3-5-8-14)27-20-22-21-17(23(20)15-10-11-15)13-16-9-6-12-26-16/h3-9,12,15,18H,2,10-11,13H2,1H3/t18-/m1/s1. The van der Waals surface area contributed by atoms with Gasteiger partial charge in [0.05, 0.1) is 6.61 Å². The third-order valence-electron chi connectivity index (χ3n) is 4.39. The van der Waals surface area contributed by atoms with Gasteiger partial charge in [0.25, 0.3) is 0 Å². The topological polar surface area (TPSA) is 57.0 Å². The predicted molar refractivity (Wildman–Crippen MR) is 107 cm³/mol. The molecule has 3 aromatic rings. The van der Waals surface area contributed by atoms with Crippen molar-refractivity contribution in [1.29, 1.82) is 0 Å². The first-order chi connectivity index (χ1) is 13.3. The number of hydrogen-bond acceptors (Lipinski definition) is 6. The van der Waals surface area contributed by atoms with E-state index in [2.05, 4.69) is 32.3 Å². The number of ether oxygens (including phenoxy) is 1. The summed E-state index contributed by atoms with van der Waals surface area (Å²) < 4.78 is 7.54. The minimum Gasteiger partial charge on any atom is -0.465 e. The van der Waals surface area contributed by atoms with E-state index < -0.39 is 5.25 Å². The second kappa shape index (κ2) is 8.27. The summed E-state index contributed by atoms with van der Waals surface area (Å²) in [7, 11) is 0. The molecule has 7 heteroatoms. The summed E-state index contributed by atoms with van der Waals surface area (Å²) in [6.07, 6.45) is 3.05. The molecule has 140 valence electrons. The first-order valence-electron chi connectivity index (χ1n) is 9.10. The van der Waals surface area contributed by atoms with E-state index in [1.54, 1.807) is 11.3 Å². The van der Waals surface area contributed by atoms with E-state index in [0.29, 0.717) is 12.6 Å². The van der Waals surface area contributed by atoms with Crippen LogP contribution >= 0.6 is 23.1 Å². The molecule has 4 rings (SSSR count). The van der Waals surface area contributed by atoms with Gasteiger partial charge in [-0.3, -0.25) is 4.79 Å². The second-order valence-electron chi connectivity index (χ2n) is 6.42. The second-order valence-corrected chi connectivity index (χ2v) is 8.52. The maximum atomic E-state index is 12.6. The first-order valence-corrected chi connectivity index (χ1v) is 10.9. The van der Waals surface area contributed by atoms with E-state index >= 15 is 0 Å². The van der Waals surface area contributed by atoms with Gasteiger partial charge in [0, 0.05) is 17.3 Å². The van der Waals surface area contributed by atoms with Crippen LogP contribution < -0.4 is 0 Å². The molecule has 0 bridgehead atoms. The minimum absolute atomic E-state index is 0.237. The van der Waals surface area contributed by atoms with Gasteiger partial charge in [-0.1, -0.05) is 48.2 Å². The van der Waals surface area contributed by atoms with E-state index in [1.807, 2.05) is 37.3 Å². The number of nitrogens with zero attached hydrogens (tertiary/aromatic N) is 3. The molecular formula is C20H21N3O2S2. The lowest BCUT2D eigenvalue weighted by molar-refractivity contribution is -0.142. The highest BCUT2D eigenvalue weighted by Gasteiger charge is 2.33. The third kappa shape index (κ3) is 4.25. The van der Waals surface area contributed by atoms with Gasteiger partial charge in [0.1, 0.15) is 11.1 Å². The van der Waals surface area contributed by atoms with Gasteiger partial charge in [0.2, 0.25) is 0 Å². The first kappa shape index (κ1) is 18.3. The Morgan fingerprint density at radius 2 is 2.07 bits per heavy atom. The molecule has 0 saturated heterocycles. The number of benzene rings is 1. The summed E-state index contributed by atoms with van der Waals surface area (Å²) in [5.41, 5.74) is 0.922. The van der Waals surface area contributed by atoms with Crippen molar-refractivity contribution in [3.8, 4) is 0 Å². The molecule has 0 aliphatic heterocycles. The van der Waals surface area contributed by atoms with Gasteiger partial charge < -0.3 is 9.30 Å². The van der Waals surface area contributed by atoms with Crippen molar-refractivity contribution in [2.24, 2.45) is 0 Å². The zero-order chi connectivity index (χ0) is 18.6. The van der Waals surface area contributed by atoms with Crippen molar-refractivity contribution < 1.29 is 9.53 Å². The van der Waals surface area contributed by atoms with Gasteiger partial charge in [-0.25, -0.2) is 0 Å². The smallest absolute Gasteiger partial charge is 0.324 e. The average molecular weight is 400 g/mol. The summed E-state index contributed by atoms with van der Waals surface area (Å²) in [4.78, 5) is 13.9. The number of esters is 1. The summed E-state index contributed by atoms with van der Waals surface area (Å²) in [6, 6.07) is 14.4. The van der Waals surface area contributed by atoms with Crippen LogP contribution in [-0.4, -0.2) is 27.3 Å². The van der Waals surface area contributed by atoms with Crippen LogP contribution in [0.1, 0.15) is 47.3 Å². The summed E-state index contributed by atoms with van der Waals surface area (Å²) >= 11 is 3.16. The average Bonchev–Trinajstić information content (AvgIpc) is 3.24. The van der Waals surface area contributed by atoms with Crippen LogP contribution in [0.15, 0.2) is 53.0 Å². The van der Waals surface area contributed by atoms with Crippen LogP contribution in [0.2, 0.25) is 0 Å². The van der Waals surface area contributed by atoms with Crippen LogP contribution in [0.3, 0.4) is 0 Å². The maximum absolute atomic E-state index is 12.6. The molecule has 1 saturated carbocycles. The van der Waals surface area contributed by atoms with Gasteiger partial charge in [-0.05, 0) is 36.8 Å². The number of thioether (sulfide) groups is 1. The Morgan fingerprint density at radius 3 is 2.74 bits per heavy atom. The van der Waals surface area contributed by atoms with Crippen LogP contribution in [-0.2, 0) is 16.0 Å². The Balaban J connectivity index is 1.63. The maximum Gasteiger partial charge on any atom is 0.324 e. The zero-order valence-electron chi connectivity index (χ0n) is 15.1. The van der Waals surface area contributed by atoms with Gasteiger partial charge in [0.15, 0.2) is 5.16 Å². The molecule has 0 spiro atoms. The largest absolute Gasteiger partial charge is 0.465 e. The molecule has 1 fully saturated rings. The molecule has 0 N–H and O–H groups in total. The number of hydrogen-bond donors (Lipinski definition) is 0. The fourth-order valence-corrected chi connectivity index (χ4v) is 4.81. The van der Waals surface area contributed by atoms with Crippen molar-refractivity contribution in [3.63, 3.8) is 0 Å². The van der Waals surface area contributed by atoms with E-state index in [-0.39, 0.29) is 5.97 Å². The van der Waals surface area contributed by atoms with Crippen molar-refractivity contribution in [2.75, 3.05) is 6.61 Å². The monoisotopic (exact) mass is 399 g/mol. The van der Waals surface area contributed by atoms with Crippen molar-refractivity contribution >= 4 is 29.1 Å². The van der Waals surface area contributed by atoms with E-state index in [0.717, 1.165) is 35.8 Å². The highest BCUT2D eigenvalue weighted by atomic mass is 32.2. The minimum atomic E-state index is -0.442. The van der Waals surface area contributed by atoms with Crippen LogP contribution in [0.5, 0.6) is 0 Å². The number of carbonyl (C=O) groups is 1. The van der Waals surface area contributed by atoms with Crippen LogP contribution in [0, 0.1) is 0 Å². The Kier molecular flexibility index (Phi) is 5.59. The van der Waals surface area contributed by atoms with E-state index in [1.165, 1.54) is 16.6 Å². The fraction of sp³-hybridized carbons (Fsp3) is 0.350.